The van der Waals surface area contributed by atoms with Crippen molar-refractivity contribution in [2.24, 2.45) is 5.41 Å². The van der Waals surface area contributed by atoms with E-state index < -0.39 is 5.41 Å². The molecule has 33 heavy (non-hydrogen) atoms. The number of carbonyl (C=O) groups excluding carboxylic acids is 1. The van der Waals surface area contributed by atoms with Gasteiger partial charge in [0.15, 0.2) is 0 Å². The molecule has 1 aliphatic heterocycles. The van der Waals surface area contributed by atoms with Crippen LogP contribution in [0.4, 0.5) is 0 Å². The van der Waals surface area contributed by atoms with E-state index in [2.05, 4.69) is 0 Å². The third kappa shape index (κ3) is 4.25. The fraction of sp³-hybridized carbons (Fsp3) is 0.370. The minimum absolute atomic E-state index is 0.108. The van der Waals surface area contributed by atoms with Crippen LogP contribution < -0.4 is 0 Å². The van der Waals surface area contributed by atoms with Crippen LogP contribution in [0, 0.1) is 5.41 Å². The van der Waals surface area contributed by atoms with Crippen LogP contribution in [-0.2, 0) is 9.53 Å². The van der Waals surface area contributed by atoms with Crippen molar-refractivity contribution in [1.29, 1.82) is 0 Å². The number of hydrogen-bond acceptors (Lipinski definition) is 2. The molecule has 2 aliphatic carbocycles. The summed E-state index contributed by atoms with van der Waals surface area (Å²) in [4.78, 5) is 13.7. The van der Waals surface area contributed by atoms with Gasteiger partial charge in [0.2, 0.25) is 0 Å². The molecule has 0 radical (unpaired) electrons. The molecule has 1 spiro atoms. The maximum absolute atomic E-state index is 13.7. The zero-order valence-corrected chi connectivity index (χ0v) is 21.1. The SMILES string of the molecule is O=C1OC2=C(CC/C2=C\c2ccc(Cl)cc2Cl)C(c2ccc(Cl)cc2Cl)C12CCCCCC2. The number of hydrogen-bond donors (Lipinski definition) is 0. The molecule has 6 heteroatoms. The third-order valence-corrected chi connectivity index (χ3v) is 8.44. The van der Waals surface area contributed by atoms with E-state index in [-0.39, 0.29) is 11.9 Å². The first kappa shape index (κ1) is 23.3. The molecule has 172 valence electrons. The van der Waals surface area contributed by atoms with E-state index >= 15 is 0 Å². The Kier molecular flexibility index (Phi) is 6.57. The predicted octanol–water partition coefficient (Wildman–Crippen LogP) is 9.41. The van der Waals surface area contributed by atoms with Crippen LogP contribution in [-0.4, -0.2) is 5.97 Å². The van der Waals surface area contributed by atoms with Gasteiger partial charge < -0.3 is 4.74 Å². The number of allylic oxidation sites excluding steroid dienone is 2. The van der Waals surface area contributed by atoms with E-state index in [9.17, 15) is 4.79 Å². The number of halogens is 4. The van der Waals surface area contributed by atoms with E-state index in [0.717, 1.165) is 73.6 Å². The largest absolute Gasteiger partial charge is 0.426 e. The lowest BCUT2D eigenvalue weighted by Crippen LogP contribution is -2.42. The second kappa shape index (κ2) is 9.30. The van der Waals surface area contributed by atoms with Crippen LogP contribution in [0.2, 0.25) is 20.1 Å². The van der Waals surface area contributed by atoms with Crippen LogP contribution in [0.15, 0.2) is 53.3 Å². The molecule has 2 nitrogen and oxygen atoms in total. The average molecular weight is 522 g/mol. The summed E-state index contributed by atoms with van der Waals surface area (Å²) in [5.41, 5.74) is 3.40. The number of ether oxygens (including phenoxy) is 1. The first-order chi connectivity index (χ1) is 15.9. The lowest BCUT2D eigenvalue weighted by molar-refractivity contribution is -0.155. The van der Waals surface area contributed by atoms with Gasteiger partial charge in [0.25, 0.3) is 0 Å². The maximum Gasteiger partial charge on any atom is 0.318 e. The Morgan fingerprint density at radius 1 is 0.848 bits per heavy atom. The quantitative estimate of drug-likeness (QED) is 0.368. The number of benzene rings is 2. The first-order valence-electron chi connectivity index (χ1n) is 11.5. The number of rotatable bonds is 2. The summed E-state index contributed by atoms with van der Waals surface area (Å²) in [6.07, 6.45) is 9.57. The molecule has 0 amide bonds. The molecule has 0 saturated heterocycles. The van der Waals surface area contributed by atoms with Crippen molar-refractivity contribution in [1.82, 2.24) is 0 Å². The fourth-order valence-electron chi connectivity index (χ4n) is 5.77. The van der Waals surface area contributed by atoms with Crippen molar-refractivity contribution in [3.63, 3.8) is 0 Å². The number of carbonyl (C=O) groups is 1. The van der Waals surface area contributed by atoms with Gasteiger partial charge in [-0.25, -0.2) is 0 Å². The molecule has 1 fully saturated rings. The summed E-state index contributed by atoms with van der Waals surface area (Å²) < 4.78 is 6.16. The zero-order valence-electron chi connectivity index (χ0n) is 18.1. The van der Waals surface area contributed by atoms with Crippen molar-refractivity contribution >= 4 is 58.4 Å². The van der Waals surface area contributed by atoms with Gasteiger partial charge in [-0.05, 0) is 78.3 Å². The predicted molar refractivity (Wildman–Crippen MR) is 136 cm³/mol. The van der Waals surface area contributed by atoms with E-state index in [4.69, 9.17) is 51.1 Å². The Morgan fingerprint density at radius 2 is 1.52 bits per heavy atom. The molecule has 2 aromatic carbocycles. The minimum atomic E-state index is -0.583. The second-order valence-electron chi connectivity index (χ2n) is 9.25. The van der Waals surface area contributed by atoms with Crippen molar-refractivity contribution in [2.45, 2.75) is 57.3 Å². The van der Waals surface area contributed by atoms with Crippen LogP contribution in [0.25, 0.3) is 6.08 Å². The summed E-state index contributed by atoms with van der Waals surface area (Å²) in [6, 6.07) is 11.1. The maximum atomic E-state index is 13.7. The lowest BCUT2D eigenvalue weighted by Gasteiger charge is -2.43. The average Bonchev–Trinajstić information content (AvgIpc) is 2.99. The molecule has 2 aromatic rings. The van der Waals surface area contributed by atoms with Crippen molar-refractivity contribution in [3.8, 4) is 0 Å². The summed E-state index contributed by atoms with van der Waals surface area (Å²) in [7, 11) is 0. The summed E-state index contributed by atoms with van der Waals surface area (Å²) in [6.45, 7) is 0. The second-order valence-corrected chi connectivity index (χ2v) is 10.9. The van der Waals surface area contributed by atoms with Gasteiger partial charge in [-0.1, -0.05) is 84.2 Å². The van der Waals surface area contributed by atoms with Crippen LogP contribution in [0.1, 0.15) is 68.4 Å². The van der Waals surface area contributed by atoms with Crippen LogP contribution >= 0.6 is 46.4 Å². The molecular weight excluding hydrogens is 498 g/mol. The molecule has 5 rings (SSSR count). The normalized spacial score (nSPS) is 23.6. The van der Waals surface area contributed by atoms with Gasteiger partial charge in [0.05, 0.1) is 5.41 Å². The molecule has 1 atom stereocenters. The molecule has 0 aromatic heterocycles. The summed E-state index contributed by atoms with van der Waals surface area (Å²) in [5, 5.41) is 2.36. The fourth-order valence-corrected chi connectivity index (χ4v) is 6.75. The van der Waals surface area contributed by atoms with E-state index in [1.807, 2.05) is 30.3 Å². The highest BCUT2D eigenvalue weighted by Crippen LogP contribution is 2.59. The highest BCUT2D eigenvalue weighted by atomic mass is 35.5. The molecule has 3 aliphatic rings. The minimum Gasteiger partial charge on any atom is -0.426 e. The molecule has 1 unspecified atom stereocenters. The molecule has 1 saturated carbocycles. The van der Waals surface area contributed by atoms with Crippen molar-refractivity contribution in [3.05, 3.63) is 84.5 Å². The highest BCUT2D eigenvalue weighted by Gasteiger charge is 2.54. The molecule has 1 heterocycles. The van der Waals surface area contributed by atoms with Gasteiger partial charge in [-0.3, -0.25) is 4.79 Å². The Morgan fingerprint density at radius 3 is 2.18 bits per heavy atom. The monoisotopic (exact) mass is 520 g/mol. The Bertz CT molecular complexity index is 1170. The molecular formula is C27H24Cl4O2. The smallest absolute Gasteiger partial charge is 0.318 e. The van der Waals surface area contributed by atoms with Crippen LogP contribution in [0.3, 0.4) is 0 Å². The van der Waals surface area contributed by atoms with Gasteiger partial charge >= 0.3 is 5.97 Å². The lowest BCUT2D eigenvalue weighted by atomic mass is 9.63. The third-order valence-electron chi connectivity index (χ3n) is 7.31. The Labute approximate surface area is 214 Å². The highest BCUT2D eigenvalue weighted by molar-refractivity contribution is 6.36. The zero-order chi connectivity index (χ0) is 23.2. The van der Waals surface area contributed by atoms with Gasteiger partial charge in [-0.2, -0.15) is 0 Å². The van der Waals surface area contributed by atoms with Crippen LogP contribution in [0.5, 0.6) is 0 Å². The van der Waals surface area contributed by atoms with E-state index in [0.29, 0.717) is 25.8 Å². The molecule has 0 N–H and O–H groups in total. The molecule has 0 bridgehead atoms. The topological polar surface area (TPSA) is 26.3 Å². The first-order valence-corrected chi connectivity index (χ1v) is 13.0. The Balaban J connectivity index is 1.66. The standard InChI is InChI=1S/C27H24Cl4O2/c28-18-7-5-16(22(30)14-18)13-17-6-9-21-24(20-10-8-19(29)15-23(20)31)27(26(32)33-25(17)21)11-3-1-2-4-12-27/h5,7-8,10,13-15,24H,1-4,6,9,11-12H2/b17-13+. The van der Waals surface area contributed by atoms with Crippen molar-refractivity contribution in [2.75, 3.05) is 0 Å². The van der Waals surface area contributed by atoms with E-state index in [1.54, 1.807) is 12.1 Å². The van der Waals surface area contributed by atoms with Crippen molar-refractivity contribution < 1.29 is 9.53 Å². The van der Waals surface area contributed by atoms with E-state index in [1.165, 1.54) is 0 Å². The number of esters is 1. The summed E-state index contributed by atoms with van der Waals surface area (Å²) in [5.74, 6) is 0.453. The Hall–Kier alpha value is -1.45. The summed E-state index contributed by atoms with van der Waals surface area (Å²) >= 11 is 25.5. The van der Waals surface area contributed by atoms with Gasteiger partial charge in [0.1, 0.15) is 5.76 Å². The van der Waals surface area contributed by atoms with Gasteiger partial charge in [0, 0.05) is 26.0 Å². The van der Waals surface area contributed by atoms with Gasteiger partial charge in [-0.15, -0.1) is 0 Å².